The highest BCUT2D eigenvalue weighted by atomic mass is 32.1. The second-order valence-electron chi connectivity index (χ2n) is 3.65. The summed E-state index contributed by atoms with van der Waals surface area (Å²) >= 11 is 0.899. The van der Waals surface area contributed by atoms with Gasteiger partial charge in [-0.05, 0) is 35.3 Å². The molecule has 102 valence electrons. The Kier molecular flexibility index (Phi) is 4.16. The number of hydrogen-bond acceptors (Lipinski definition) is 5. The van der Waals surface area contributed by atoms with Gasteiger partial charge in [0.05, 0.1) is 11.9 Å². The SMILES string of the molecule is O=C(O)C=Cc1ccc(NC(=O)c2cnns2)c(F)c1. The van der Waals surface area contributed by atoms with Crippen molar-refractivity contribution in [2.24, 2.45) is 0 Å². The zero-order valence-electron chi connectivity index (χ0n) is 9.91. The van der Waals surface area contributed by atoms with Gasteiger partial charge in [0.15, 0.2) is 0 Å². The van der Waals surface area contributed by atoms with Crippen LogP contribution in [0.25, 0.3) is 6.08 Å². The number of aromatic nitrogens is 2. The van der Waals surface area contributed by atoms with Gasteiger partial charge in [0.1, 0.15) is 10.7 Å². The van der Waals surface area contributed by atoms with Crippen LogP contribution in [-0.4, -0.2) is 26.6 Å². The molecule has 8 heteroatoms. The molecule has 0 aliphatic heterocycles. The highest BCUT2D eigenvalue weighted by Crippen LogP contribution is 2.18. The summed E-state index contributed by atoms with van der Waals surface area (Å²) < 4.78 is 17.3. The van der Waals surface area contributed by atoms with Crippen molar-refractivity contribution in [2.45, 2.75) is 0 Å². The fourth-order valence-corrected chi connectivity index (χ4v) is 1.77. The summed E-state index contributed by atoms with van der Waals surface area (Å²) in [5.74, 6) is -2.29. The molecule has 0 radical (unpaired) electrons. The fourth-order valence-electron chi connectivity index (χ4n) is 1.36. The highest BCUT2D eigenvalue weighted by molar-refractivity contribution is 7.07. The number of aliphatic carboxylic acids is 1. The first-order valence-corrected chi connectivity index (χ1v) is 6.13. The van der Waals surface area contributed by atoms with E-state index in [0.29, 0.717) is 5.56 Å². The molecule has 0 bridgehead atoms. The van der Waals surface area contributed by atoms with Crippen LogP contribution in [-0.2, 0) is 4.79 Å². The minimum Gasteiger partial charge on any atom is -0.478 e. The maximum Gasteiger partial charge on any atom is 0.328 e. The van der Waals surface area contributed by atoms with E-state index in [1.807, 2.05) is 0 Å². The summed E-state index contributed by atoms with van der Waals surface area (Å²) in [4.78, 5) is 22.3. The van der Waals surface area contributed by atoms with Crippen molar-refractivity contribution in [1.82, 2.24) is 9.59 Å². The predicted octanol–water partition coefficient (Wildman–Crippen LogP) is 2.03. The third-order valence-electron chi connectivity index (χ3n) is 2.24. The number of anilines is 1. The summed E-state index contributed by atoms with van der Waals surface area (Å²) in [6, 6.07) is 3.96. The quantitative estimate of drug-likeness (QED) is 0.841. The van der Waals surface area contributed by atoms with E-state index in [9.17, 15) is 14.0 Å². The number of nitrogens with zero attached hydrogens (tertiary/aromatic N) is 2. The number of carboxylic acids is 1. The standard InChI is InChI=1S/C12H8FN3O3S/c13-8-5-7(2-4-11(17)18)1-3-9(8)15-12(19)10-6-14-16-20-10/h1-6H,(H,15,19)(H,17,18). The normalized spacial score (nSPS) is 10.7. The monoisotopic (exact) mass is 293 g/mol. The van der Waals surface area contributed by atoms with Gasteiger partial charge in [0.2, 0.25) is 0 Å². The molecule has 0 unspecified atom stereocenters. The Labute approximate surface area is 116 Å². The summed E-state index contributed by atoms with van der Waals surface area (Å²) in [5, 5.41) is 14.4. The predicted molar refractivity (Wildman–Crippen MR) is 70.9 cm³/mol. The maximum atomic E-state index is 13.8. The Balaban J connectivity index is 2.14. The molecule has 1 aromatic carbocycles. The van der Waals surface area contributed by atoms with Crippen LogP contribution in [0.2, 0.25) is 0 Å². The van der Waals surface area contributed by atoms with Crippen molar-refractivity contribution in [2.75, 3.05) is 5.32 Å². The second kappa shape index (κ2) is 6.02. The fraction of sp³-hybridized carbons (Fsp3) is 0. The molecule has 2 rings (SSSR count). The first-order chi connectivity index (χ1) is 9.56. The number of amides is 1. The van der Waals surface area contributed by atoms with Crippen LogP contribution in [0.15, 0.2) is 30.5 Å². The van der Waals surface area contributed by atoms with Gasteiger partial charge in [-0.3, -0.25) is 4.79 Å². The van der Waals surface area contributed by atoms with Crippen molar-refractivity contribution in [3.63, 3.8) is 0 Å². The Morgan fingerprint density at radius 2 is 2.20 bits per heavy atom. The first kappa shape index (κ1) is 13.8. The first-order valence-electron chi connectivity index (χ1n) is 5.35. The van der Waals surface area contributed by atoms with Crippen LogP contribution in [0.3, 0.4) is 0 Å². The zero-order valence-corrected chi connectivity index (χ0v) is 10.7. The third kappa shape index (κ3) is 3.45. The van der Waals surface area contributed by atoms with E-state index in [1.54, 1.807) is 0 Å². The number of rotatable bonds is 4. The number of carboxylic acid groups (broad SMARTS) is 1. The molecule has 0 atom stereocenters. The van der Waals surface area contributed by atoms with Crippen LogP contribution >= 0.6 is 11.5 Å². The van der Waals surface area contributed by atoms with Crippen molar-refractivity contribution >= 4 is 35.2 Å². The van der Waals surface area contributed by atoms with Crippen LogP contribution in [0, 0.1) is 5.82 Å². The van der Waals surface area contributed by atoms with Gasteiger partial charge in [0, 0.05) is 6.08 Å². The van der Waals surface area contributed by atoms with Crippen LogP contribution in [0.5, 0.6) is 0 Å². The smallest absolute Gasteiger partial charge is 0.328 e. The summed E-state index contributed by atoms with van der Waals surface area (Å²) in [7, 11) is 0. The summed E-state index contributed by atoms with van der Waals surface area (Å²) in [6.45, 7) is 0. The Hall–Kier alpha value is -2.61. The van der Waals surface area contributed by atoms with E-state index in [4.69, 9.17) is 5.11 Å². The van der Waals surface area contributed by atoms with E-state index in [0.717, 1.165) is 23.7 Å². The lowest BCUT2D eigenvalue weighted by atomic mass is 10.2. The lowest BCUT2D eigenvalue weighted by molar-refractivity contribution is -0.131. The Bertz CT molecular complexity index is 671. The average Bonchev–Trinajstić information content (AvgIpc) is 2.93. The minimum atomic E-state index is -1.12. The number of carbonyl (C=O) groups is 2. The minimum absolute atomic E-state index is 0.00382. The van der Waals surface area contributed by atoms with Gasteiger partial charge >= 0.3 is 5.97 Å². The molecular formula is C12H8FN3O3S. The van der Waals surface area contributed by atoms with E-state index in [-0.39, 0.29) is 10.6 Å². The average molecular weight is 293 g/mol. The number of halogens is 1. The largest absolute Gasteiger partial charge is 0.478 e. The number of hydrogen-bond donors (Lipinski definition) is 2. The van der Waals surface area contributed by atoms with Crippen LogP contribution in [0.1, 0.15) is 15.2 Å². The maximum absolute atomic E-state index is 13.8. The van der Waals surface area contributed by atoms with Crippen molar-refractivity contribution in [3.05, 3.63) is 46.7 Å². The molecule has 0 saturated carbocycles. The van der Waals surface area contributed by atoms with Gasteiger partial charge in [-0.25, -0.2) is 9.18 Å². The molecule has 1 heterocycles. The van der Waals surface area contributed by atoms with Crippen molar-refractivity contribution < 1.29 is 19.1 Å². The molecular weight excluding hydrogens is 285 g/mol. The Morgan fingerprint density at radius 3 is 2.80 bits per heavy atom. The van der Waals surface area contributed by atoms with Gasteiger partial charge in [-0.1, -0.05) is 10.6 Å². The van der Waals surface area contributed by atoms with Crippen molar-refractivity contribution in [1.29, 1.82) is 0 Å². The van der Waals surface area contributed by atoms with Gasteiger partial charge < -0.3 is 10.4 Å². The summed E-state index contributed by atoms with van der Waals surface area (Å²) in [6.07, 6.45) is 3.43. The number of carbonyl (C=O) groups excluding carboxylic acids is 1. The van der Waals surface area contributed by atoms with E-state index >= 15 is 0 Å². The molecule has 0 spiro atoms. The lowest BCUT2D eigenvalue weighted by Crippen LogP contribution is -2.11. The van der Waals surface area contributed by atoms with Gasteiger partial charge in [-0.15, -0.1) is 5.10 Å². The molecule has 1 aromatic heterocycles. The molecule has 0 saturated heterocycles. The highest BCUT2D eigenvalue weighted by Gasteiger charge is 2.11. The third-order valence-corrected chi connectivity index (χ3v) is 2.91. The molecule has 0 aliphatic rings. The second-order valence-corrected chi connectivity index (χ2v) is 4.43. The topological polar surface area (TPSA) is 92.2 Å². The Morgan fingerprint density at radius 1 is 1.40 bits per heavy atom. The summed E-state index contributed by atoms with van der Waals surface area (Å²) in [5.41, 5.74) is 0.373. The van der Waals surface area contributed by atoms with E-state index in [2.05, 4.69) is 14.9 Å². The zero-order chi connectivity index (χ0) is 14.5. The molecule has 2 aromatic rings. The van der Waals surface area contributed by atoms with E-state index in [1.165, 1.54) is 24.4 Å². The molecule has 2 N–H and O–H groups in total. The van der Waals surface area contributed by atoms with Gasteiger partial charge in [0.25, 0.3) is 5.91 Å². The van der Waals surface area contributed by atoms with Crippen LogP contribution < -0.4 is 5.32 Å². The molecule has 6 nitrogen and oxygen atoms in total. The van der Waals surface area contributed by atoms with Gasteiger partial charge in [-0.2, -0.15) is 0 Å². The molecule has 0 aliphatic carbocycles. The lowest BCUT2D eigenvalue weighted by Gasteiger charge is -2.05. The van der Waals surface area contributed by atoms with Crippen LogP contribution in [0.4, 0.5) is 10.1 Å². The van der Waals surface area contributed by atoms with Crippen molar-refractivity contribution in [3.8, 4) is 0 Å². The molecule has 1 amide bonds. The molecule has 20 heavy (non-hydrogen) atoms. The molecule has 0 fully saturated rings. The number of benzene rings is 1. The number of nitrogens with one attached hydrogen (secondary N) is 1. The van der Waals surface area contributed by atoms with E-state index < -0.39 is 17.7 Å².